The highest BCUT2D eigenvalue weighted by Crippen LogP contribution is 2.45. The number of anilines is 1. The topological polar surface area (TPSA) is 49.8 Å². The number of alkyl halides is 3. The molecule has 1 saturated carbocycles. The Labute approximate surface area is 236 Å². The summed E-state index contributed by atoms with van der Waals surface area (Å²) in [5.74, 6) is 0.854. The fraction of sp³-hybridized carbons (Fsp3) is 0.606. The summed E-state index contributed by atoms with van der Waals surface area (Å²) in [6.07, 6.45) is 1.94. The van der Waals surface area contributed by atoms with Crippen molar-refractivity contribution in [2.75, 3.05) is 24.6 Å². The van der Waals surface area contributed by atoms with Gasteiger partial charge in [-0.2, -0.15) is 13.2 Å². The highest BCUT2D eigenvalue weighted by atomic mass is 19.4. The zero-order valence-electron chi connectivity index (χ0n) is 24.1. The van der Waals surface area contributed by atoms with Crippen molar-refractivity contribution in [2.45, 2.75) is 90.7 Å². The molecule has 2 aromatic rings. The molecule has 1 atom stereocenters. The number of hydrogen-bond acceptors (Lipinski definition) is 3. The number of halogens is 3. The molecule has 0 bridgehead atoms. The lowest BCUT2D eigenvalue weighted by Gasteiger charge is -2.35. The Balaban J connectivity index is 1.36. The van der Waals surface area contributed by atoms with Crippen LogP contribution in [0.4, 0.5) is 18.9 Å². The molecular weight excluding hydrogens is 515 g/mol. The molecule has 1 N–H and O–H groups in total. The second-order valence-electron chi connectivity index (χ2n) is 13.0. The van der Waals surface area contributed by atoms with Crippen LogP contribution in [0.2, 0.25) is 0 Å². The Bertz CT molecular complexity index is 1130. The first kappa shape index (κ1) is 30.3. The van der Waals surface area contributed by atoms with E-state index >= 15 is 0 Å². The predicted octanol–water partition coefficient (Wildman–Crippen LogP) is 8.42. The third-order valence-electron chi connectivity index (χ3n) is 8.24. The van der Waals surface area contributed by atoms with Crippen LogP contribution in [0.25, 0.3) is 0 Å². The van der Waals surface area contributed by atoms with Crippen molar-refractivity contribution in [3.05, 3.63) is 59.2 Å². The van der Waals surface area contributed by atoms with E-state index in [-0.39, 0.29) is 17.8 Å². The first-order chi connectivity index (χ1) is 18.9. The van der Waals surface area contributed by atoms with E-state index in [1.165, 1.54) is 0 Å². The summed E-state index contributed by atoms with van der Waals surface area (Å²) < 4.78 is 45.6. The maximum Gasteiger partial charge on any atom is 0.393 e. The summed E-state index contributed by atoms with van der Waals surface area (Å²) in [7, 11) is 0. The van der Waals surface area contributed by atoms with Gasteiger partial charge in [0.25, 0.3) is 0 Å². The molecule has 4 rings (SSSR count). The molecule has 40 heavy (non-hydrogen) atoms. The fourth-order valence-electron chi connectivity index (χ4n) is 5.90. The second-order valence-corrected chi connectivity index (χ2v) is 13.0. The number of ether oxygens (including phenoxy) is 1. The molecule has 1 unspecified atom stereocenters. The van der Waals surface area contributed by atoms with Crippen LogP contribution < -0.4 is 9.64 Å². The van der Waals surface area contributed by atoms with E-state index in [2.05, 4.69) is 25.7 Å². The Kier molecular flexibility index (Phi) is 9.73. The minimum absolute atomic E-state index is 0.0370. The number of aryl methyl sites for hydroxylation is 1. The maximum absolute atomic E-state index is 13.1. The number of aliphatic carboxylic acids is 1. The van der Waals surface area contributed by atoms with Crippen LogP contribution in [0.15, 0.2) is 42.5 Å². The summed E-state index contributed by atoms with van der Waals surface area (Å²) in [6.45, 7) is 8.80. The van der Waals surface area contributed by atoms with Gasteiger partial charge in [-0.1, -0.05) is 45.0 Å². The van der Waals surface area contributed by atoms with E-state index in [1.54, 1.807) is 12.1 Å². The number of piperidine rings is 1. The second kappa shape index (κ2) is 12.9. The molecule has 2 fully saturated rings. The van der Waals surface area contributed by atoms with Crippen molar-refractivity contribution in [3.63, 3.8) is 0 Å². The normalized spacial score (nSPS) is 17.6. The van der Waals surface area contributed by atoms with E-state index in [4.69, 9.17) is 4.74 Å². The molecule has 1 saturated heterocycles. The van der Waals surface area contributed by atoms with Crippen molar-refractivity contribution in [2.24, 2.45) is 17.3 Å². The monoisotopic (exact) mass is 559 g/mol. The molecule has 1 aliphatic carbocycles. The third kappa shape index (κ3) is 9.45. The van der Waals surface area contributed by atoms with Crippen molar-refractivity contribution in [1.29, 1.82) is 0 Å². The van der Waals surface area contributed by atoms with Gasteiger partial charge in [-0.15, -0.1) is 0 Å². The lowest BCUT2D eigenvalue weighted by molar-refractivity contribution is -0.137. The fourth-order valence-corrected chi connectivity index (χ4v) is 5.90. The zero-order valence-corrected chi connectivity index (χ0v) is 24.1. The summed E-state index contributed by atoms with van der Waals surface area (Å²) in [5.41, 5.74) is 3.67. The molecule has 0 aromatic heterocycles. The first-order valence-electron chi connectivity index (χ1n) is 14.7. The maximum atomic E-state index is 13.1. The zero-order chi connectivity index (χ0) is 28.9. The van der Waals surface area contributed by atoms with Gasteiger partial charge >= 0.3 is 12.1 Å². The van der Waals surface area contributed by atoms with Crippen LogP contribution in [-0.2, 0) is 17.6 Å². The number of carboxylic acids is 1. The SMILES string of the molecule is CC(C)(C)CCCc1ccc(CC(F)(F)F)cc1N1CCC(COc2cccc(C(CC(=O)O)C3CC3)c2)CC1. The van der Waals surface area contributed by atoms with Crippen LogP contribution >= 0.6 is 0 Å². The highest BCUT2D eigenvalue weighted by molar-refractivity contribution is 5.68. The Morgan fingerprint density at radius 1 is 1.05 bits per heavy atom. The molecule has 1 heterocycles. The van der Waals surface area contributed by atoms with Gasteiger partial charge in [0.1, 0.15) is 5.75 Å². The van der Waals surface area contributed by atoms with E-state index in [0.717, 1.165) is 80.6 Å². The first-order valence-corrected chi connectivity index (χ1v) is 14.7. The van der Waals surface area contributed by atoms with Crippen LogP contribution in [0.3, 0.4) is 0 Å². The summed E-state index contributed by atoms with van der Waals surface area (Å²) >= 11 is 0. The van der Waals surface area contributed by atoms with Crippen LogP contribution in [0.5, 0.6) is 5.75 Å². The van der Waals surface area contributed by atoms with Crippen molar-refractivity contribution in [1.82, 2.24) is 0 Å². The van der Waals surface area contributed by atoms with Gasteiger partial charge in [0, 0.05) is 18.8 Å². The quantitative estimate of drug-likeness (QED) is 0.284. The Morgan fingerprint density at radius 3 is 2.40 bits per heavy atom. The average Bonchev–Trinajstić information content (AvgIpc) is 3.71. The minimum Gasteiger partial charge on any atom is -0.493 e. The van der Waals surface area contributed by atoms with Gasteiger partial charge in [0.2, 0.25) is 0 Å². The molecular formula is C33H44F3NO3. The van der Waals surface area contributed by atoms with Crippen LogP contribution in [0, 0.1) is 17.3 Å². The number of rotatable bonds is 12. The van der Waals surface area contributed by atoms with Gasteiger partial charge in [-0.3, -0.25) is 4.79 Å². The Morgan fingerprint density at radius 2 is 1.77 bits per heavy atom. The van der Waals surface area contributed by atoms with Gasteiger partial charge in [0.15, 0.2) is 0 Å². The number of benzene rings is 2. The minimum atomic E-state index is -4.22. The number of nitrogens with zero attached hydrogens (tertiary/aromatic N) is 1. The largest absolute Gasteiger partial charge is 0.493 e. The molecule has 1 aliphatic heterocycles. The predicted molar refractivity (Wildman–Crippen MR) is 153 cm³/mol. The van der Waals surface area contributed by atoms with E-state index in [1.807, 2.05) is 30.3 Å². The Hall–Kier alpha value is -2.70. The highest BCUT2D eigenvalue weighted by Gasteiger charge is 2.34. The molecule has 2 aliphatic rings. The molecule has 220 valence electrons. The summed E-state index contributed by atoms with van der Waals surface area (Å²) in [5, 5.41) is 9.34. The van der Waals surface area contributed by atoms with E-state index in [9.17, 15) is 23.1 Å². The number of carboxylic acid groups (broad SMARTS) is 1. The van der Waals surface area contributed by atoms with Crippen molar-refractivity contribution >= 4 is 11.7 Å². The van der Waals surface area contributed by atoms with Crippen molar-refractivity contribution < 1.29 is 27.8 Å². The average molecular weight is 560 g/mol. The van der Waals surface area contributed by atoms with Gasteiger partial charge in [0.05, 0.1) is 19.4 Å². The smallest absolute Gasteiger partial charge is 0.393 e. The lowest BCUT2D eigenvalue weighted by atomic mass is 9.88. The molecule has 4 nitrogen and oxygen atoms in total. The van der Waals surface area contributed by atoms with Gasteiger partial charge in [-0.05, 0) is 103 Å². The molecule has 0 amide bonds. The van der Waals surface area contributed by atoms with Crippen LogP contribution in [0.1, 0.15) is 88.3 Å². The molecule has 0 radical (unpaired) electrons. The standard InChI is InChI=1S/C33H44F3NO3/c1-32(2,3)15-5-7-26-10-9-24(21-33(34,35)36)18-30(26)37-16-13-23(14-17-37)22-40-28-8-4-6-27(19-28)29(20-31(38)39)25-11-12-25/h4,6,8-10,18-19,23,25,29H,5,7,11-17,20-22H2,1-3H3,(H,38,39). The van der Waals surface area contributed by atoms with Gasteiger partial charge < -0.3 is 14.7 Å². The molecule has 2 aromatic carbocycles. The number of hydrogen-bond donors (Lipinski definition) is 1. The number of carbonyl (C=O) groups is 1. The molecule has 0 spiro atoms. The summed E-state index contributed by atoms with van der Waals surface area (Å²) in [4.78, 5) is 13.6. The third-order valence-corrected chi connectivity index (χ3v) is 8.24. The van der Waals surface area contributed by atoms with E-state index < -0.39 is 18.6 Å². The van der Waals surface area contributed by atoms with E-state index in [0.29, 0.717) is 24.0 Å². The van der Waals surface area contributed by atoms with Crippen molar-refractivity contribution in [3.8, 4) is 5.75 Å². The lowest BCUT2D eigenvalue weighted by Crippen LogP contribution is -2.36. The van der Waals surface area contributed by atoms with Crippen LogP contribution in [-0.4, -0.2) is 36.9 Å². The van der Waals surface area contributed by atoms with Gasteiger partial charge in [-0.25, -0.2) is 0 Å². The summed E-state index contributed by atoms with van der Waals surface area (Å²) in [6, 6.07) is 13.2. The molecule has 7 heteroatoms.